The van der Waals surface area contributed by atoms with Crippen molar-refractivity contribution in [3.63, 3.8) is 0 Å². The number of nitrogens with zero attached hydrogens (tertiary/aromatic N) is 2. The Kier molecular flexibility index (Phi) is 4.36. The molecule has 0 bridgehead atoms. The Morgan fingerprint density at radius 2 is 1.73 bits per heavy atom. The summed E-state index contributed by atoms with van der Waals surface area (Å²) in [5.74, 6) is -1.10. The van der Waals surface area contributed by atoms with Gasteiger partial charge in [-0.1, -0.05) is 17.3 Å². The zero-order valence-corrected chi connectivity index (χ0v) is 15.3. The SMILES string of the molecule is Cc1ccc(-c2nc(-c3c(C)cc(C)c(C(=O)O)c3C)no2)c(F)c1C. The van der Waals surface area contributed by atoms with Crippen molar-refractivity contribution in [2.45, 2.75) is 34.6 Å². The molecule has 0 aliphatic rings. The minimum Gasteiger partial charge on any atom is -0.478 e. The van der Waals surface area contributed by atoms with Gasteiger partial charge in [-0.25, -0.2) is 9.18 Å². The number of carboxylic acid groups (broad SMARTS) is 1. The number of rotatable bonds is 3. The molecule has 3 aromatic rings. The van der Waals surface area contributed by atoms with Gasteiger partial charge in [0, 0.05) is 5.56 Å². The van der Waals surface area contributed by atoms with Crippen LogP contribution in [-0.2, 0) is 0 Å². The van der Waals surface area contributed by atoms with Crippen molar-refractivity contribution in [2.24, 2.45) is 0 Å². The monoisotopic (exact) mass is 354 g/mol. The number of halogens is 1. The fraction of sp³-hybridized carbons (Fsp3) is 0.250. The molecule has 0 saturated carbocycles. The molecule has 0 saturated heterocycles. The highest BCUT2D eigenvalue weighted by Crippen LogP contribution is 2.32. The molecule has 1 heterocycles. The van der Waals surface area contributed by atoms with Gasteiger partial charge in [0.2, 0.25) is 5.82 Å². The molecule has 6 heteroatoms. The molecule has 0 radical (unpaired) electrons. The number of carboxylic acids is 1. The van der Waals surface area contributed by atoms with E-state index in [4.69, 9.17) is 4.52 Å². The number of hydrogen-bond acceptors (Lipinski definition) is 4. The van der Waals surface area contributed by atoms with Gasteiger partial charge < -0.3 is 9.63 Å². The van der Waals surface area contributed by atoms with Gasteiger partial charge in [-0.15, -0.1) is 0 Å². The maximum Gasteiger partial charge on any atom is 0.336 e. The lowest BCUT2D eigenvalue weighted by molar-refractivity contribution is 0.0695. The lowest BCUT2D eigenvalue weighted by Gasteiger charge is -2.12. The van der Waals surface area contributed by atoms with Crippen LogP contribution in [0.15, 0.2) is 22.7 Å². The summed E-state index contributed by atoms with van der Waals surface area (Å²) in [6.45, 7) is 8.84. The molecule has 0 fully saturated rings. The predicted octanol–water partition coefficient (Wildman–Crippen LogP) is 4.78. The molecule has 1 N–H and O–H groups in total. The Labute approximate surface area is 150 Å². The fourth-order valence-electron chi connectivity index (χ4n) is 3.24. The van der Waals surface area contributed by atoms with Gasteiger partial charge >= 0.3 is 5.97 Å². The zero-order valence-electron chi connectivity index (χ0n) is 15.3. The third-order valence-electron chi connectivity index (χ3n) is 4.72. The number of aryl methyl sites for hydroxylation is 3. The molecular formula is C20H19FN2O3. The first kappa shape index (κ1) is 17.8. The fourth-order valence-corrected chi connectivity index (χ4v) is 3.24. The van der Waals surface area contributed by atoms with Gasteiger partial charge in [-0.2, -0.15) is 4.98 Å². The first-order valence-electron chi connectivity index (χ1n) is 8.16. The number of carbonyl (C=O) groups is 1. The normalized spacial score (nSPS) is 11.0. The molecule has 2 aromatic carbocycles. The molecule has 134 valence electrons. The van der Waals surface area contributed by atoms with E-state index in [1.54, 1.807) is 39.0 Å². The van der Waals surface area contributed by atoms with Crippen molar-refractivity contribution >= 4 is 5.97 Å². The Morgan fingerprint density at radius 3 is 2.38 bits per heavy atom. The second-order valence-corrected chi connectivity index (χ2v) is 6.48. The van der Waals surface area contributed by atoms with Crippen LogP contribution in [0.5, 0.6) is 0 Å². The molecule has 0 spiro atoms. The third-order valence-corrected chi connectivity index (χ3v) is 4.72. The Morgan fingerprint density at radius 1 is 1.04 bits per heavy atom. The van der Waals surface area contributed by atoms with E-state index in [9.17, 15) is 14.3 Å². The van der Waals surface area contributed by atoms with Crippen LogP contribution in [0.3, 0.4) is 0 Å². The number of benzene rings is 2. The summed E-state index contributed by atoms with van der Waals surface area (Å²) in [4.78, 5) is 15.9. The molecule has 3 rings (SSSR count). The zero-order chi connectivity index (χ0) is 19.2. The van der Waals surface area contributed by atoms with Crippen LogP contribution in [0.2, 0.25) is 0 Å². The van der Waals surface area contributed by atoms with Crippen molar-refractivity contribution in [3.05, 3.63) is 57.4 Å². The summed E-state index contributed by atoms with van der Waals surface area (Å²) in [6, 6.07) is 5.17. The molecule has 26 heavy (non-hydrogen) atoms. The lowest BCUT2D eigenvalue weighted by Crippen LogP contribution is -2.06. The van der Waals surface area contributed by atoms with Crippen LogP contribution in [0.1, 0.15) is 38.2 Å². The van der Waals surface area contributed by atoms with Crippen molar-refractivity contribution in [2.75, 3.05) is 0 Å². The van der Waals surface area contributed by atoms with Gasteiger partial charge in [0.05, 0.1) is 11.1 Å². The van der Waals surface area contributed by atoms with Crippen molar-refractivity contribution in [1.29, 1.82) is 0 Å². The number of aromatic nitrogens is 2. The smallest absolute Gasteiger partial charge is 0.336 e. The van der Waals surface area contributed by atoms with Crippen LogP contribution in [-0.4, -0.2) is 21.2 Å². The Bertz CT molecular complexity index is 1040. The number of aromatic carboxylic acids is 1. The van der Waals surface area contributed by atoms with Crippen LogP contribution in [0.25, 0.3) is 22.8 Å². The van der Waals surface area contributed by atoms with Crippen LogP contribution < -0.4 is 0 Å². The largest absolute Gasteiger partial charge is 0.478 e. The molecule has 0 unspecified atom stereocenters. The van der Waals surface area contributed by atoms with E-state index in [2.05, 4.69) is 10.1 Å². The molecule has 1 aromatic heterocycles. The summed E-state index contributed by atoms with van der Waals surface area (Å²) in [6.07, 6.45) is 0. The van der Waals surface area contributed by atoms with E-state index in [0.717, 1.165) is 11.1 Å². The van der Waals surface area contributed by atoms with E-state index in [0.29, 0.717) is 22.3 Å². The van der Waals surface area contributed by atoms with E-state index < -0.39 is 11.8 Å². The highest BCUT2D eigenvalue weighted by Gasteiger charge is 2.22. The molecular weight excluding hydrogens is 335 g/mol. The van der Waals surface area contributed by atoms with E-state index in [1.807, 2.05) is 13.8 Å². The summed E-state index contributed by atoms with van der Waals surface area (Å²) in [5, 5.41) is 13.4. The topological polar surface area (TPSA) is 76.2 Å². The second-order valence-electron chi connectivity index (χ2n) is 6.48. The van der Waals surface area contributed by atoms with Crippen molar-refractivity contribution in [3.8, 4) is 22.8 Å². The predicted molar refractivity (Wildman–Crippen MR) is 95.8 cm³/mol. The standard InChI is InChI=1S/C20H19FN2O3/c1-9-6-7-14(17(21)12(9)4)19-22-18(23-26-19)15-10(2)8-11(3)16(13(15)5)20(24)25/h6-8H,1-5H3,(H,24,25). The summed E-state index contributed by atoms with van der Waals surface area (Å²) < 4.78 is 19.8. The molecule has 0 atom stereocenters. The minimum atomic E-state index is -1.01. The van der Waals surface area contributed by atoms with Crippen LogP contribution in [0.4, 0.5) is 4.39 Å². The maximum absolute atomic E-state index is 14.5. The summed E-state index contributed by atoms with van der Waals surface area (Å²) in [7, 11) is 0. The second kappa shape index (κ2) is 6.37. The van der Waals surface area contributed by atoms with E-state index >= 15 is 0 Å². The minimum absolute atomic E-state index is 0.0665. The quantitative estimate of drug-likeness (QED) is 0.732. The number of hydrogen-bond donors (Lipinski definition) is 1. The Balaban J connectivity index is 2.17. The highest BCUT2D eigenvalue weighted by molar-refractivity contribution is 5.93. The first-order valence-corrected chi connectivity index (χ1v) is 8.16. The first-order chi connectivity index (χ1) is 12.2. The highest BCUT2D eigenvalue weighted by atomic mass is 19.1. The third kappa shape index (κ3) is 2.77. The van der Waals surface area contributed by atoms with Crippen molar-refractivity contribution in [1.82, 2.24) is 10.1 Å². The van der Waals surface area contributed by atoms with Gasteiger partial charge in [-0.05, 0) is 68.5 Å². The average molecular weight is 354 g/mol. The summed E-state index contributed by atoms with van der Waals surface area (Å²) >= 11 is 0. The molecule has 0 aliphatic heterocycles. The summed E-state index contributed by atoms with van der Waals surface area (Å²) in [5.41, 5.74) is 4.45. The van der Waals surface area contributed by atoms with E-state index in [1.165, 1.54) is 0 Å². The average Bonchev–Trinajstić information content (AvgIpc) is 3.01. The lowest BCUT2D eigenvalue weighted by atomic mass is 9.93. The molecule has 0 aliphatic carbocycles. The van der Waals surface area contributed by atoms with Gasteiger partial charge in [0.15, 0.2) is 0 Å². The molecule has 5 nitrogen and oxygen atoms in total. The maximum atomic E-state index is 14.5. The van der Waals surface area contributed by atoms with Crippen molar-refractivity contribution < 1.29 is 18.8 Å². The van der Waals surface area contributed by atoms with Gasteiger partial charge in [0.25, 0.3) is 5.89 Å². The van der Waals surface area contributed by atoms with Gasteiger partial charge in [0.1, 0.15) is 5.82 Å². The van der Waals surface area contributed by atoms with Crippen LogP contribution >= 0.6 is 0 Å². The van der Waals surface area contributed by atoms with Gasteiger partial charge in [-0.3, -0.25) is 0 Å². The molecule has 0 amide bonds. The van der Waals surface area contributed by atoms with Crippen LogP contribution in [0, 0.1) is 40.4 Å². The Hall–Kier alpha value is -3.02. The van der Waals surface area contributed by atoms with E-state index in [-0.39, 0.29) is 22.8 Å².